The van der Waals surface area contributed by atoms with E-state index in [9.17, 15) is 14.9 Å². The summed E-state index contributed by atoms with van der Waals surface area (Å²) in [5.74, 6) is 0. The van der Waals surface area contributed by atoms with Crippen LogP contribution in [0.3, 0.4) is 0 Å². The first kappa shape index (κ1) is 17.1. The predicted octanol–water partition coefficient (Wildman–Crippen LogP) is 1.48. The van der Waals surface area contributed by atoms with Crippen molar-refractivity contribution in [1.29, 1.82) is 0 Å². The third kappa shape index (κ3) is 3.49. The number of fused-ring (bicyclic) bond motifs is 1. The van der Waals surface area contributed by atoms with Crippen molar-refractivity contribution in [2.75, 3.05) is 31.1 Å². The molecule has 4 rings (SSSR count). The van der Waals surface area contributed by atoms with E-state index in [0.717, 1.165) is 31.9 Å². The smallest absolute Gasteiger partial charge is 0.278 e. The van der Waals surface area contributed by atoms with Crippen molar-refractivity contribution in [2.45, 2.75) is 6.67 Å². The number of piperazine rings is 1. The van der Waals surface area contributed by atoms with Gasteiger partial charge in [0.15, 0.2) is 0 Å². The van der Waals surface area contributed by atoms with E-state index in [1.54, 1.807) is 24.3 Å². The maximum Gasteiger partial charge on any atom is 0.278 e. The van der Waals surface area contributed by atoms with Crippen LogP contribution in [0.5, 0.6) is 0 Å². The van der Waals surface area contributed by atoms with Crippen molar-refractivity contribution in [3.05, 3.63) is 69.0 Å². The lowest BCUT2D eigenvalue weighted by molar-refractivity contribution is -0.384. The number of hydrogen-bond donors (Lipinski definition) is 0. The molecule has 1 aromatic heterocycles. The number of aromatic nitrogens is 3. The monoisotopic (exact) mass is 366 g/mol. The first-order valence-corrected chi connectivity index (χ1v) is 8.66. The molecule has 1 aliphatic rings. The first-order valence-electron chi connectivity index (χ1n) is 8.66. The van der Waals surface area contributed by atoms with Crippen LogP contribution in [0.2, 0.25) is 0 Å². The quantitative estimate of drug-likeness (QED) is 0.509. The molecule has 0 bridgehead atoms. The molecule has 1 fully saturated rings. The summed E-state index contributed by atoms with van der Waals surface area (Å²) in [7, 11) is 0. The van der Waals surface area contributed by atoms with Crippen molar-refractivity contribution in [1.82, 2.24) is 19.9 Å². The van der Waals surface area contributed by atoms with Gasteiger partial charge in [-0.2, -0.15) is 4.68 Å². The predicted molar refractivity (Wildman–Crippen MR) is 101 cm³/mol. The topological polar surface area (TPSA) is 97.4 Å². The Labute approximate surface area is 154 Å². The molecule has 0 aliphatic carbocycles. The van der Waals surface area contributed by atoms with E-state index in [2.05, 4.69) is 20.1 Å². The summed E-state index contributed by atoms with van der Waals surface area (Å²) in [6, 6.07) is 13.8. The van der Waals surface area contributed by atoms with E-state index in [1.807, 2.05) is 12.1 Å². The number of nitrogens with zero attached hydrogens (tertiary/aromatic N) is 6. The molecule has 0 saturated carbocycles. The zero-order chi connectivity index (χ0) is 18.8. The molecule has 27 heavy (non-hydrogen) atoms. The van der Waals surface area contributed by atoms with E-state index in [-0.39, 0.29) is 11.2 Å². The summed E-state index contributed by atoms with van der Waals surface area (Å²) < 4.78 is 1.39. The van der Waals surface area contributed by atoms with Gasteiger partial charge in [-0.25, -0.2) is 0 Å². The number of rotatable bonds is 4. The highest BCUT2D eigenvalue weighted by Gasteiger charge is 2.19. The SMILES string of the molecule is O=c1c2ccccc2nnn1CN1CCN(c2ccc([N+](=O)[O-])cc2)CC1. The lowest BCUT2D eigenvalue weighted by Crippen LogP contribution is -2.48. The van der Waals surface area contributed by atoms with E-state index >= 15 is 0 Å². The fraction of sp³-hybridized carbons (Fsp3) is 0.278. The van der Waals surface area contributed by atoms with Gasteiger partial charge in [-0.3, -0.25) is 19.8 Å². The molecule has 9 nitrogen and oxygen atoms in total. The van der Waals surface area contributed by atoms with Gasteiger partial charge in [0.05, 0.1) is 17.0 Å². The molecule has 1 saturated heterocycles. The Morgan fingerprint density at radius 2 is 1.70 bits per heavy atom. The maximum atomic E-state index is 12.5. The summed E-state index contributed by atoms with van der Waals surface area (Å²) in [6.07, 6.45) is 0. The molecule has 0 N–H and O–H groups in total. The van der Waals surface area contributed by atoms with Crippen LogP contribution in [-0.4, -0.2) is 51.0 Å². The second-order valence-corrected chi connectivity index (χ2v) is 6.43. The molecule has 138 valence electrons. The van der Waals surface area contributed by atoms with Crippen LogP contribution < -0.4 is 10.5 Å². The number of nitro benzene ring substituents is 1. The minimum atomic E-state index is -0.399. The minimum Gasteiger partial charge on any atom is -0.369 e. The van der Waals surface area contributed by atoms with Gasteiger partial charge in [0, 0.05) is 44.0 Å². The molecule has 0 amide bonds. The normalized spacial score (nSPS) is 15.2. The Bertz CT molecular complexity index is 1030. The summed E-state index contributed by atoms with van der Waals surface area (Å²) in [6.45, 7) is 3.46. The van der Waals surface area contributed by atoms with Crippen LogP contribution in [0.15, 0.2) is 53.3 Å². The molecule has 2 aromatic carbocycles. The third-order valence-corrected chi connectivity index (χ3v) is 4.76. The summed E-state index contributed by atoms with van der Waals surface area (Å²) >= 11 is 0. The maximum absolute atomic E-state index is 12.5. The fourth-order valence-electron chi connectivity index (χ4n) is 3.24. The largest absolute Gasteiger partial charge is 0.369 e. The molecular formula is C18H18N6O3. The molecular weight excluding hydrogens is 348 g/mol. The molecule has 0 atom stereocenters. The van der Waals surface area contributed by atoms with Crippen LogP contribution in [0.1, 0.15) is 0 Å². The van der Waals surface area contributed by atoms with Crippen LogP contribution >= 0.6 is 0 Å². The second-order valence-electron chi connectivity index (χ2n) is 6.43. The van der Waals surface area contributed by atoms with Gasteiger partial charge in [-0.15, -0.1) is 5.10 Å². The highest BCUT2D eigenvalue weighted by Crippen LogP contribution is 2.20. The standard InChI is InChI=1S/C18H18N6O3/c25-18-16-3-1-2-4-17(16)19-20-23(18)13-21-9-11-22(12-10-21)14-5-7-15(8-6-14)24(26)27/h1-8H,9-13H2. The number of anilines is 1. The minimum absolute atomic E-state index is 0.0895. The third-order valence-electron chi connectivity index (χ3n) is 4.76. The Kier molecular flexibility index (Phi) is 4.51. The van der Waals surface area contributed by atoms with Crippen molar-refractivity contribution in [2.24, 2.45) is 0 Å². The Morgan fingerprint density at radius 1 is 1.00 bits per heavy atom. The van der Waals surface area contributed by atoms with Gasteiger partial charge in [-0.05, 0) is 24.3 Å². The van der Waals surface area contributed by atoms with Crippen LogP contribution in [0.25, 0.3) is 10.9 Å². The lowest BCUT2D eigenvalue weighted by atomic mass is 10.2. The fourth-order valence-corrected chi connectivity index (χ4v) is 3.24. The first-order chi connectivity index (χ1) is 13.1. The number of hydrogen-bond acceptors (Lipinski definition) is 7. The zero-order valence-corrected chi connectivity index (χ0v) is 14.6. The molecule has 9 heteroatoms. The molecule has 2 heterocycles. The van der Waals surface area contributed by atoms with Crippen molar-refractivity contribution < 1.29 is 4.92 Å². The highest BCUT2D eigenvalue weighted by molar-refractivity contribution is 5.76. The van der Waals surface area contributed by atoms with Gasteiger partial charge < -0.3 is 4.90 Å². The van der Waals surface area contributed by atoms with Crippen LogP contribution in [-0.2, 0) is 6.67 Å². The van der Waals surface area contributed by atoms with Gasteiger partial charge in [0.2, 0.25) is 0 Å². The van der Waals surface area contributed by atoms with Crippen LogP contribution in [0, 0.1) is 10.1 Å². The number of benzene rings is 2. The summed E-state index contributed by atoms with van der Waals surface area (Å²) in [5.41, 5.74) is 1.51. The van der Waals surface area contributed by atoms with E-state index in [4.69, 9.17) is 0 Å². The lowest BCUT2D eigenvalue weighted by Gasteiger charge is -2.35. The Balaban J connectivity index is 1.42. The van der Waals surface area contributed by atoms with Gasteiger partial charge in [0.1, 0.15) is 5.52 Å². The molecule has 1 aliphatic heterocycles. The van der Waals surface area contributed by atoms with Crippen molar-refractivity contribution in [3.63, 3.8) is 0 Å². The average molecular weight is 366 g/mol. The Morgan fingerprint density at radius 3 is 2.41 bits per heavy atom. The van der Waals surface area contributed by atoms with E-state index in [1.165, 1.54) is 16.8 Å². The van der Waals surface area contributed by atoms with Crippen molar-refractivity contribution >= 4 is 22.3 Å². The molecule has 3 aromatic rings. The Hall–Kier alpha value is -3.33. The molecule has 0 radical (unpaired) electrons. The summed E-state index contributed by atoms with van der Waals surface area (Å²) in [4.78, 5) is 27.2. The van der Waals surface area contributed by atoms with Crippen molar-refractivity contribution in [3.8, 4) is 0 Å². The van der Waals surface area contributed by atoms with E-state index in [0.29, 0.717) is 17.6 Å². The zero-order valence-electron chi connectivity index (χ0n) is 14.6. The highest BCUT2D eigenvalue weighted by atomic mass is 16.6. The van der Waals surface area contributed by atoms with E-state index < -0.39 is 4.92 Å². The van der Waals surface area contributed by atoms with Crippen LogP contribution in [0.4, 0.5) is 11.4 Å². The number of nitro groups is 1. The molecule has 0 spiro atoms. The average Bonchev–Trinajstić information content (AvgIpc) is 2.71. The second kappa shape index (κ2) is 7.12. The van der Waals surface area contributed by atoms with Gasteiger partial charge >= 0.3 is 0 Å². The number of non-ortho nitro benzene ring substituents is 1. The van der Waals surface area contributed by atoms with Gasteiger partial charge in [0.25, 0.3) is 11.2 Å². The summed E-state index contributed by atoms with van der Waals surface area (Å²) in [5, 5.41) is 19.5. The van der Waals surface area contributed by atoms with Gasteiger partial charge in [-0.1, -0.05) is 17.3 Å². The molecule has 0 unspecified atom stereocenters.